The van der Waals surface area contributed by atoms with Crippen molar-refractivity contribution in [2.24, 2.45) is 35.5 Å². The highest BCUT2D eigenvalue weighted by atomic mass is 14.5. The van der Waals surface area contributed by atoms with Crippen LogP contribution in [0.3, 0.4) is 0 Å². The molecule has 0 aromatic carbocycles. The monoisotopic (exact) mass is 262 g/mol. The Bertz CT molecular complexity index is 259. The molecule has 0 saturated heterocycles. The minimum absolute atomic E-state index is 1.06. The summed E-state index contributed by atoms with van der Waals surface area (Å²) in [5, 5.41) is 0. The molecule has 5 unspecified atom stereocenters. The first-order chi connectivity index (χ1) is 9.33. The molecule has 19 heavy (non-hydrogen) atoms. The zero-order valence-corrected chi connectivity index (χ0v) is 13.2. The van der Waals surface area contributed by atoms with Crippen LogP contribution >= 0.6 is 0 Å². The van der Waals surface area contributed by atoms with Crippen molar-refractivity contribution in [3.05, 3.63) is 0 Å². The van der Waals surface area contributed by atoms with E-state index in [1.807, 2.05) is 0 Å². The summed E-state index contributed by atoms with van der Waals surface area (Å²) in [6.45, 7) is 4.81. The molecule has 0 heteroatoms. The summed E-state index contributed by atoms with van der Waals surface area (Å²) in [6, 6.07) is 0. The molecule has 0 heterocycles. The van der Waals surface area contributed by atoms with Gasteiger partial charge in [-0.25, -0.2) is 0 Å². The fourth-order valence-electron chi connectivity index (χ4n) is 6.17. The average Bonchev–Trinajstić information content (AvgIpc) is 3.05. The van der Waals surface area contributed by atoms with Gasteiger partial charge in [0, 0.05) is 0 Å². The summed E-state index contributed by atoms with van der Waals surface area (Å²) in [6.07, 6.45) is 16.9. The first kappa shape index (κ1) is 14.0. The fraction of sp³-hybridized carbons (Fsp3) is 1.00. The van der Waals surface area contributed by atoms with Gasteiger partial charge in [0.05, 0.1) is 0 Å². The average molecular weight is 262 g/mol. The lowest BCUT2D eigenvalue weighted by molar-refractivity contribution is 0.122. The molecule has 0 radical (unpaired) electrons. The summed E-state index contributed by atoms with van der Waals surface area (Å²) >= 11 is 0. The Hall–Kier alpha value is 0. The highest BCUT2D eigenvalue weighted by molar-refractivity contribution is 4.99. The van der Waals surface area contributed by atoms with Crippen molar-refractivity contribution in [2.75, 3.05) is 0 Å². The highest BCUT2D eigenvalue weighted by Gasteiger charge is 2.49. The van der Waals surface area contributed by atoms with Crippen molar-refractivity contribution < 1.29 is 0 Å². The minimum Gasteiger partial charge on any atom is -0.0654 e. The summed E-state index contributed by atoms with van der Waals surface area (Å²) in [5.41, 5.74) is 0. The Balaban J connectivity index is 1.57. The number of hydrogen-bond acceptors (Lipinski definition) is 0. The van der Waals surface area contributed by atoms with E-state index in [4.69, 9.17) is 0 Å². The van der Waals surface area contributed by atoms with Gasteiger partial charge in [-0.15, -0.1) is 0 Å². The maximum absolute atomic E-state index is 2.44. The van der Waals surface area contributed by atoms with Gasteiger partial charge in [-0.1, -0.05) is 65.2 Å². The van der Waals surface area contributed by atoms with Crippen molar-refractivity contribution >= 4 is 0 Å². The van der Waals surface area contributed by atoms with E-state index in [9.17, 15) is 0 Å². The van der Waals surface area contributed by atoms with Gasteiger partial charge >= 0.3 is 0 Å². The lowest BCUT2D eigenvalue weighted by atomic mass is 9.68. The van der Waals surface area contributed by atoms with Crippen molar-refractivity contribution in [2.45, 2.75) is 84.5 Å². The standard InChI is InChI=1S/C19H34/c1-3-8-14(4-2)18-12-17-11-16(18)13-19(17)15-9-6-5-7-10-15/h14-19H,3-13H2,1-2H3. The van der Waals surface area contributed by atoms with Crippen LogP contribution in [-0.4, -0.2) is 0 Å². The molecule has 0 aliphatic heterocycles. The van der Waals surface area contributed by atoms with Gasteiger partial charge in [0.25, 0.3) is 0 Å². The molecule has 3 aliphatic rings. The zero-order chi connectivity index (χ0) is 13.2. The maximum Gasteiger partial charge on any atom is -0.0354 e. The Morgan fingerprint density at radius 3 is 2.21 bits per heavy atom. The van der Waals surface area contributed by atoms with Gasteiger partial charge < -0.3 is 0 Å². The van der Waals surface area contributed by atoms with Crippen LogP contribution in [0, 0.1) is 35.5 Å². The van der Waals surface area contributed by atoms with Crippen molar-refractivity contribution in [1.82, 2.24) is 0 Å². The van der Waals surface area contributed by atoms with Crippen LogP contribution in [0.1, 0.15) is 84.5 Å². The topological polar surface area (TPSA) is 0 Å². The normalized spacial score (nSPS) is 40.7. The van der Waals surface area contributed by atoms with Crippen LogP contribution < -0.4 is 0 Å². The van der Waals surface area contributed by atoms with Crippen molar-refractivity contribution in [3.8, 4) is 0 Å². The highest BCUT2D eigenvalue weighted by Crippen LogP contribution is 2.58. The number of rotatable bonds is 5. The van der Waals surface area contributed by atoms with Crippen LogP contribution in [0.15, 0.2) is 0 Å². The maximum atomic E-state index is 2.44. The lowest BCUT2D eigenvalue weighted by Gasteiger charge is -2.38. The molecule has 0 nitrogen and oxygen atoms in total. The second-order valence-corrected chi connectivity index (χ2v) is 7.91. The second kappa shape index (κ2) is 6.19. The Kier molecular flexibility index (Phi) is 4.54. The van der Waals surface area contributed by atoms with E-state index in [0.717, 1.165) is 35.5 Å². The Labute approximate surface area is 120 Å². The van der Waals surface area contributed by atoms with Gasteiger partial charge in [-0.2, -0.15) is 0 Å². The van der Waals surface area contributed by atoms with Crippen LogP contribution in [0.25, 0.3) is 0 Å². The van der Waals surface area contributed by atoms with Gasteiger partial charge in [0.1, 0.15) is 0 Å². The quantitative estimate of drug-likeness (QED) is 0.565. The molecule has 0 N–H and O–H groups in total. The molecule has 3 rings (SSSR count). The van der Waals surface area contributed by atoms with Crippen LogP contribution in [0.2, 0.25) is 0 Å². The van der Waals surface area contributed by atoms with E-state index in [0.29, 0.717) is 0 Å². The molecule has 2 bridgehead atoms. The number of hydrogen-bond donors (Lipinski definition) is 0. The van der Waals surface area contributed by atoms with Gasteiger partial charge in [0.15, 0.2) is 0 Å². The summed E-state index contributed by atoms with van der Waals surface area (Å²) in [4.78, 5) is 0. The molecular weight excluding hydrogens is 228 g/mol. The molecule has 0 amide bonds. The van der Waals surface area contributed by atoms with Gasteiger partial charge in [-0.3, -0.25) is 0 Å². The fourth-order valence-corrected chi connectivity index (χ4v) is 6.17. The van der Waals surface area contributed by atoms with Gasteiger partial charge in [-0.05, 0) is 54.8 Å². The van der Waals surface area contributed by atoms with Crippen LogP contribution in [-0.2, 0) is 0 Å². The molecule has 0 aromatic rings. The van der Waals surface area contributed by atoms with E-state index in [1.54, 1.807) is 32.1 Å². The molecule has 5 atom stereocenters. The third-order valence-corrected chi connectivity index (χ3v) is 7.01. The Morgan fingerprint density at radius 1 is 0.842 bits per heavy atom. The van der Waals surface area contributed by atoms with E-state index >= 15 is 0 Å². The minimum atomic E-state index is 1.06. The second-order valence-electron chi connectivity index (χ2n) is 7.91. The zero-order valence-electron chi connectivity index (χ0n) is 13.2. The molecule has 110 valence electrons. The molecule has 0 spiro atoms. The van der Waals surface area contributed by atoms with E-state index < -0.39 is 0 Å². The summed E-state index contributed by atoms with van der Waals surface area (Å²) < 4.78 is 0. The SMILES string of the molecule is CCCC(CC)C1CC2CC1CC2C1CCCCC1. The van der Waals surface area contributed by atoms with Crippen LogP contribution in [0.5, 0.6) is 0 Å². The van der Waals surface area contributed by atoms with Crippen LogP contribution in [0.4, 0.5) is 0 Å². The van der Waals surface area contributed by atoms with E-state index in [-0.39, 0.29) is 0 Å². The first-order valence-corrected chi connectivity index (χ1v) is 9.33. The lowest BCUT2D eigenvalue weighted by Crippen LogP contribution is -2.29. The Morgan fingerprint density at radius 2 is 1.63 bits per heavy atom. The predicted octanol–water partition coefficient (Wildman–Crippen LogP) is 6.06. The third-order valence-electron chi connectivity index (χ3n) is 7.01. The largest absolute Gasteiger partial charge is 0.0654 e. The molecule has 3 fully saturated rings. The molecule has 3 aliphatic carbocycles. The van der Waals surface area contributed by atoms with Gasteiger partial charge in [0.2, 0.25) is 0 Å². The summed E-state index contributed by atoms with van der Waals surface area (Å²) in [5.74, 6) is 6.75. The predicted molar refractivity (Wildman–Crippen MR) is 83.1 cm³/mol. The number of fused-ring (bicyclic) bond motifs is 2. The van der Waals surface area contributed by atoms with Crippen molar-refractivity contribution in [1.29, 1.82) is 0 Å². The van der Waals surface area contributed by atoms with Crippen molar-refractivity contribution in [3.63, 3.8) is 0 Å². The summed E-state index contributed by atoms with van der Waals surface area (Å²) in [7, 11) is 0. The first-order valence-electron chi connectivity index (χ1n) is 9.33. The molecule has 3 saturated carbocycles. The molecular formula is C19H34. The van der Waals surface area contributed by atoms with E-state index in [2.05, 4.69) is 13.8 Å². The molecule has 0 aromatic heterocycles. The third kappa shape index (κ3) is 2.74. The van der Waals surface area contributed by atoms with E-state index in [1.165, 1.54) is 38.5 Å². The smallest absolute Gasteiger partial charge is 0.0354 e.